The van der Waals surface area contributed by atoms with Gasteiger partial charge in [0.2, 0.25) is 0 Å². The number of aryl methyl sites for hydroxylation is 2. The summed E-state index contributed by atoms with van der Waals surface area (Å²) < 4.78 is 1.96. The predicted octanol–water partition coefficient (Wildman–Crippen LogP) is 2.49. The van der Waals surface area contributed by atoms with Gasteiger partial charge in [-0.25, -0.2) is 0 Å². The first kappa shape index (κ1) is 13.7. The number of rotatable bonds is 6. The van der Waals surface area contributed by atoms with Gasteiger partial charge in [-0.05, 0) is 32.3 Å². The molecule has 0 saturated heterocycles. The lowest BCUT2D eigenvalue weighted by Gasteiger charge is -2.19. The molecule has 102 valence electrons. The van der Waals surface area contributed by atoms with Gasteiger partial charge in [-0.1, -0.05) is 30.3 Å². The van der Waals surface area contributed by atoms with Crippen molar-refractivity contribution in [1.29, 1.82) is 0 Å². The van der Waals surface area contributed by atoms with E-state index in [-0.39, 0.29) is 6.04 Å². The van der Waals surface area contributed by atoms with Crippen LogP contribution in [0.1, 0.15) is 37.7 Å². The zero-order chi connectivity index (χ0) is 13.7. The first-order valence-electron chi connectivity index (χ1n) is 6.80. The van der Waals surface area contributed by atoms with Crippen LogP contribution in [0.15, 0.2) is 36.7 Å². The van der Waals surface area contributed by atoms with Crippen molar-refractivity contribution in [2.24, 2.45) is 7.05 Å². The summed E-state index contributed by atoms with van der Waals surface area (Å²) in [7, 11) is 1.97. The maximum atomic E-state index is 4.14. The van der Waals surface area contributed by atoms with E-state index in [0.717, 1.165) is 18.7 Å². The Hall–Kier alpha value is -1.68. The summed E-state index contributed by atoms with van der Waals surface area (Å²) >= 11 is 0. The lowest BCUT2D eigenvalue weighted by molar-refractivity contribution is 0.435. The molecule has 1 N–H and O–H groups in total. The summed E-state index contributed by atoms with van der Waals surface area (Å²) in [5, 5.41) is 11.6. The van der Waals surface area contributed by atoms with Crippen LogP contribution in [-0.2, 0) is 13.5 Å². The minimum absolute atomic E-state index is 0.221. The zero-order valence-corrected chi connectivity index (χ0v) is 11.9. The van der Waals surface area contributed by atoms with Crippen LogP contribution in [-0.4, -0.2) is 20.8 Å². The number of hydrogen-bond acceptors (Lipinski definition) is 3. The molecule has 4 heteroatoms. The highest BCUT2D eigenvalue weighted by atomic mass is 15.3. The van der Waals surface area contributed by atoms with Crippen molar-refractivity contribution in [3.8, 4) is 0 Å². The third-order valence-corrected chi connectivity index (χ3v) is 3.38. The van der Waals surface area contributed by atoms with Gasteiger partial charge in [0.1, 0.15) is 12.2 Å². The molecule has 4 nitrogen and oxygen atoms in total. The molecular formula is C15H22N4. The van der Waals surface area contributed by atoms with Crippen LogP contribution in [0.25, 0.3) is 0 Å². The van der Waals surface area contributed by atoms with Crippen LogP contribution in [0.5, 0.6) is 0 Å². The SMILES string of the molecule is CC(CCc1ccccc1)NC(C)c1nncn1C. The van der Waals surface area contributed by atoms with E-state index >= 15 is 0 Å². The quantitative estimate of drug-likeness (QED) is 0.865. The number of hydrogen-bond donors (Lipinski definition) is 1. The molecule has 0 bridgehead atoms. The van der Waals surface area contributed by atoms with Crippen LogP contribution >= 0.6 is 0 Å². The fourth-order valence-corrected chi connectivity index (χ4v) is 2.30. The molecule has 0 amide bonds. The Labute approximate surface area is 114 Å². The molecule has 0 radical (unpaired) electrons. The van der Waals surface area contributed by atoms with Crippen molar-refractivity contribution in [2.75, 3.05) is 0 Å². The Balaban J connectivity index is 1.81. The van der Waals surface area contributed by atoms with E-state index in [0.29, 0.717) is 6.04 Å². The van der Waals surface area contributed by atoms with Gasteiger partial charge in [0.25, 0.3) is 0 Å². The second-order valence-electron chi connectivity index (χ2n) is 5.11. The van der Waals surface area contributed by atoms with Gasteiger partial charge < -0.3 is 9.88 Å². The standard InChI is InChI=1S/C15H22N4/c1-12(9-10-14-7-5-4-6-8-14)17-13(2)15-18-16-11-19(15)3/h4-8,11-13,17H,9-10H2,1-3H3. The van der Waals surface area contributed by atoms with E-state index in [1.165, 1.54) is 5.56 Å². The Morgan fingerprint density at radius 1 is 1.21 bits per heavy atom. The predicted molar refractivity (Wildman–Crippen MR) is 76.8 cm³/mol. The van der Waals surface area contributed by atoms with E-state index < -0.39 is 0 Å². The molecule has 2 unspecified atom stereocenters. The van der Waals surface area contributed by atoms with Crippen molar-refractivity contribution in [3.63, 3.8) is 0 Å². The van der Waals surface area contributed by atoms with Gasteiger partial charge in [0.05, 0.1) is 6.04 Å². The smallest absolute Gasteiger partial charge is 0.149 e. The molecule has 1 aromatic heterocycles. The Kier molecular flexibility index (Phi) is 4.68. The highest BCUT2D eigenvalue weighted by Crippen LogP contribution is 2.11. The van der Waals surface area contributed by atoms with Crippen molar-refractivity contribution in [2.45, 2.75) is 38.8 Å². The maximum Gasteiger partial charge on any atom is 0.149 e. The van der Waals surface area contributed by atoms with Crippen molar-refractivity contribution in [1.82, 2.24) is 20.1 Å². The van der Waals surface area contributed by atoms with Crippen molar-refractivity contribution >= 4 is 0 Å². The van der Waals surface area contributed by atoms with Crippen LogP contribution < -0.4 is 5.32 Å². The highest BCUT2D eigenvalue weighted by Gasteiger charge is 2.13. The molecular weight excluding hydrogens is 236 g/mol. The molecule has 19 heavy (non-hydrogen) atoms. The molecule has 2 rings (SSSR count). The van der Waals surface area contributed by atoms with Gasteiger partial charge in [0, 0.05) is 13.1 Å². The van der Waals surface area contributed by atoms with Crippen molar-refractivity contribution in [3.05, 3.63) is 48.0 Å². The minimum Gasteiger partial charge on any atom is -0.319 e. The summed E-state index contributed by atoms with van der Waals surface area (Å²) in [4.78, 5) is 0. The van der Waals surface area contributed by atoms with Crippen LogP contribution in [0.3, 0.4) is 0 Å². The topological polar surface area (TPSA) is 42.7 Å². The molecule has 1 aromatic carbocycles. The normalized spacial score (nSPS) is 14.3. The number of aromatic nitrogens is 3. The number of benzene rings is 1. The average molecular weight is 258 g/mol. The van der Waals surface area contributed by atoms with E-state index in [4.69, 9.17) is 0 Å². The maximum absolute atomic E-state index is 4.14. The lowest BCUT2D eigenvalue weighted by atomic mass is 10.1. The zero-order valence-electron chi connectivity index (χ0n) is 11.9. The minimum atomic E-state index is 0.221. The van der Waals surface area contributed by atoms with Crippen LogP contribution in [0, 0.1) is 0 Å². The Bertz CT molecular complexity index is 492. The summed E-state index contributed by atoms with van der Waals surface area (Å²) in [5.41, 5.74) is 1.39. The number of nitrogens with zero attached hydrogens (tertiary/aromatic N) is 3. The van der Waals surface area contributed by atoms with E-state index in [1.807, 2.05) is 11.6 Å². The first-order valence-corrected chi connectivity index (χ1v) is 6.80. The average Bonchev–Trinajstić information content (AvgIpc) is 2.84. The second kappa shape index (κ2) is 6.48. The molecule has 2 aromatic rings. The van der Waals surface area contributed by atoms with Crippen LogP contribution in [0.4, 0.5) is 0 Å². The molecule has 0 aliphatic rings. The molecule has 0 spiro atoms. The molecule has 0 aliphatic heterocycles. The summed E-state index contributed by atoms with van der Waals surface area (Å²) in [6, 6.07) is 11.3. The second-order valence-corrected chi connectivity index (χ2v) is 5.11. The van der Waals surface area contributed by atoms with Gasteiger partial charge in [0.15, 0.2) is 0 Å². The van der Waals surface area contributed by atoms with Crippen molar-refractivity contribution < 1.29 is 0 Å². The summed E-state index contributed by atoms with van der Waals surface area (Å²) in [6.45, 7) is 4.35. The van der Waals surface area contributed by atoms with Gasteiger partial charge >= 0.3 is 0 Å². The Morgan fingerprint density at radius 2 is 1.95 bits per heavy atom. The highest BCUT2D eigenvalue weighted by molar-refractivity contribution is 5.14. The molecule has 0 fully saturated rings. The number of nitrogens with one attached hydrogen (secondary N) is 1. The van der Waals surface area contributed by atoms with Gasteiger partial charge in [-0.15, -0.1) is 10.2 Å². The molecule has 0 aliphatic carbocycles. The van der Waals surface area contributed by atoms with Gasteiger partial charge in [-0.3, -0.25) is 0 Å². The summed E-state index contributed by atoms with van der Waals surface area (Å²) in [6.07, 6.45) is 3.95. The fourth-order valence-electron chi connectivity index (χ4n) is 2.30. The third-order valence-electron chi connectivity index (χ3n) is 3.38. The molecule has 0 saturated carbocycles. The monoisotopic (exact) mass is 258 g/mol. The van der Waals surface area contributed by atoms with Crippen LogP contribution in [0.2, 0.25) is 0 Å². The fraction of sp³-hybridized carbons (Fsp3) is 0.467. The summed E-state index contributed by atoms with van der Waals surface area (Å²) in [5.74, 6) is 0.978. The van der Waals surface area contributed by atoms with E-state index in [1.54, 1.807) is 6.33 Å². The third kappa shape index (κ3) is 3.89. The van der Waals surface area contributed by atoms with E-state index in [9.17, 15) is 0 Å². The van der Waals surface area contributed by atoms with Gasteiger partial charge in [-0.2, -0.15) is 0 Å². The first-order chi connectivity index (χ1) is 9.16. The van der Waals surface area contributed by atoms with E-state index in [2.05, 4.69) is 59.7 Å². The molecule has 1 heterocycles. The Morgan fingerprint density at radius 3 is 2.58 bits per heavy atom. The molecule has 2 atom stereocenters. The largest absolute Gasteiger partial charge is 0.319 e. The lowest BCUT2D eigenvalue weighted by Crippen LogP contribution is -2.30.